The fraction of sp³-hybridized carbons (Fsp3) is 0.500. The van der Waals surface area contributed by atoms with Crippen molar-refractivity contribution < 1.29 is 31.5 Å². The van der Waals surface area contributed by atoms with Crippen molar-refractivity contribution in [3.05, 3.63) is 18.2 Å². The molecule has 1 aromatic rings. The molecule has 1 rings (SSSR count). The van der Waals surface area contributed by atoms with Gasteiger partial charge in [-0.15, -0.1) is 0 Å². The highest BCUT2D eigenvalue weighted by Crippen LogP contribution is 2.28. The Morgan fingerprint density at radius 3 is 2.28 bits per heavy atom. The van der Waals surface area contributed by atoms with Crippen LogP contribution in [-0.4, -0.2) is 46.8 Å². The van der Waals surface area contributed by atoms with Crippen molar-refractivity contribution >= 4 is 31.7 Å². The van der Waals surface area contributed by atoms with Crippen LogP contribution in [0, 0.1) is 5.92 Å². The van der Waals surface area contributed by atoms with Crippen molar-refractivity contribution in [2.24, 2.45) is 5.92 Å². The van der Waals surface area contributed by atoms with Gasteiger partial charge in [-0.3, -0.25) is 9.52 Å². The lowest BCUT2D eigenvalue weighted by molar-refractivity contribution is -0.140. The van der Waals surface area contributed by atoms with Gasteiger partial charge in [0, 0.05) is 6.07 Å². The molecule has 0 fully saturated rings. The molecule has 0 amide bonds. The first-order valence-corrected chi connectivity index (χ1v) is 10.5. The van der Waals surface area contributed by atoms with Crippen LogP contribution in [0.3, 0.4) is 0 Å². The smallest absolute Gasteiger partial charge is 0.322 e. The normalized spacial score (nSPS) is 13.5. The fourth-order valence-electron chi connectivity index (χ4n) is 1.89. The van der Waals surface area contributed by atoms with Crippen LogP contribution in [0.5, 0.6) is 5.75 Å². The Morgan fingerprint density at radius 2 is 1.84 bits per heavy atom. The van der Waals surface area contributed by atoms with Gasteiger partial charge >= 0.3 is 5.97 Å². The Kier molecular flexibility index (Phi) is 6.80. The molecule has 1 aromatic carbocycles. The lowest BCUT2D eigenvalue weighted by atomic mass is 10.1. The molecule has 9 nitrogen and oxygen atoms in total. The van der Waals surface area contributed by atoms with Crippen LogP contribution in [-0.2, 0) is 24.8 Å². The summed E-state index contributed by atoms with van der Waals surface area (Å²) in [7, 11) is -6.71. The molecule has 142 valence electrons. The van der Waals surface area contributed by atoms with Crippen molar-refractivity contribution in [3.8, 4) is 5.75 Å². The van der Waals surface area contributed by atoms with Gasteiger partial charge in [-0.1, -0.05) is 13.8 Å². The maximum absolute atomic E-state index is 12.6. The van der Waals surface area contributed by atoms with E-state index < -0.39 is 42.9 Å². The summed E-state index contributed by atoms with van der Waals surface area (Å²) in [5, 5.41) is 9.17. The Hall–Kier alpha value is -1.85. The van der Waals surface area contributed by atoms with E-state index >= 15 is 0 Å². The topological polar surface area (TPSA) is 139 Å². The molecule has 0 aliphatic carbocycles. The van der Waals surface area contributed by atoms with Crippen LogP contribution in [0.4, 0.5) is 5.69 Å². The number of methoxy groups -OCH3 is 1. The number of carboxylic acids is 1. The molecule has 0 heterocycles. The second-order valence-electron chi connectivity index (χ2n) is 5.55. The molecule has 25 heavy (non-hydrogen) atoms. The SMILES string of the molecule is CCS(=O)(=O)Nc1cc(OC)ccc1S(=O)(=O)N[C@H](C(=O)O)C(C)C. The van der Waals surface area contributed by atoms with E-state index in [2.05, 4.69) is 9.44 Å². The maximum atomic E-state index is 12.6. The number of hydrogen-bond acceptors (Lipinski definition) is 6. The van der Waals surface area contributed by atoms with E-state index in [-0.39, 0.29) is 17.2 Å². The van der Waals surface area contributed by atoms with Crippen molar-refractivity contribution in [2.45, 2.75) is 31.7 Å². The van der Waals surface area contributed by atoms with Crippen molar-refractivity contribution in [3.63, 3.8) is 0 Å². The zero-order chi connectivity index (χ0) is 19.4. The van der Waals surface area contributed by atoms with Gasteiger partial charge in [0.1, 0.15) is 16.7 Å². The maximum Gasteiger partial charge on any atom is 0.322 e. The molecule has 11 heteroatoms. The summed E-state index contributed by atoms with van der Waals surface area (Å²) < 4.78 is 58.1. The molecule has 1 atom stereocenters. The number of anilines is 1. The second-order valence-corrected chi connectivity index (χ2v) is 9.24. The highest BCUT2D eigenvalue weighted by Gasteiger charge is 2.30. The van der Waals surface area contributed by atoms with E-state index in [1.54, 1.807) is 13.8 Å². The van der Waals surface area contributed by atoms with E-state index in [1.807, 2.05) is 0 Å². The highest BCUT2D eigenvalue weighted by molar-refractivity contribution is 7.93. The number of aliphatic carboxylic acids is 1. The molecule has 0 saturated carbocycles. The van der Waals surface area contributed by atoms with Crippen LogP contribution in [0.25, 0.3) is 0 Å². The minimum absolute atomic E-state index is 0.221. The van der Waals surface area contributed by atoms with Crippen LogP contribution in [0.15, 0.2) is 23.1 Å². The Balaban J connectivity index is 3.41. The molecule has 0 saturated heterocycles. The van der Waals surface area contributed by atoms with E-state index in [4.69, 9.17) is 4.74 Å². The quantitative estimate of drug-likeness (QED) is 0.564. The third-order valence-electron chi connectivity index (χ3n) is 3.34. The lowest BCUT2D eigenvalue weighted by Gasteiger charge is -2.20. The van der Waals surface area contributed by atoms with Gasteiger partial charge in [-0.2, -0.15) is 4.72 Å². The summed E-state index contributed by atoms with van der Waals surface area (Å²) in [5.74, 6) is -1.86. The fourth-order valence-corrected chi connectivity index (χ4v) is 4.09. The van der Waals surface area contributed by atoms with Crippen LogP contribution in [0.1, 0.15) is 20.8 Å². The molecule has 0 aromatic heterocycles. The van der Waals surface area contributed by atoms with Crippen LogP contribution < -0.4 is 14.2 Å². The van der Waals surface area contributed by atoms with Gasteiger partial charge in [0.15, 0.2) is 0 Å². The molecular formula is C14H22N2O7S2. The van der Waals surface area contributed by atoms with E-state index in [9.17, 15) is 26.7 Å². The summed E-state index contributed by atoms with van der Waals surface area (Å²) in [6, 6.07) is 2.34. The largest absolute Gasteiger partial charge is 0.497 e. The van der Waals surface area contributed by atoms with Gasteiger partial charge < -0.3 is 9.84 Å². The van der Waals surface area contributed by atoms with Gasteiger partial charge in [-0.25, -0.2) is 16.8 Å². The number of ether oxygens (including phenoxy) is 1. The number of hydrogen-bond donors (Lipinski definition) is 3. The van der Waals surface area contributed by atoms with Crippen LogP contribution >= 0.6 is 0 Å². The summed E-state index contributed by atoms with van der Waals surface area (Å²) in [6.07, 6.45) is 0. The van der Waals surface area contributed by atoms with E-state index in [0.717, 1.165) is 6.07 Å². The number of benzene rings is 1. The number of carbonyl (C=O) groups is 1. The van der Waals surface area contributed by atoms with Gasteiger partial charge in [0.05, 0.1) is 18.6 Å². The second kappa shape index (κ2) is 8.02. The summed E-state index contributed by atoms with van der Waals surface area (Å²) in [4.78, 5) is 10.9. The first kappa shape index (κ1) is 21.2. The van der Waals surface area contributed by atoms with E-state index in [0.29, 0.717) is 0 Å². The Labute approximate surface area is 147 Å². The molecule has 0 spiro atoms. The summed E-state index contributed by atoms with van der Waals surface area (Å²) in [6.45, 7) is 4.50. The zero-order valence-corrected chi connectivity index (χ0v) is 15.9. The van der Waals surface area contributed by atoms with Crippen LogP contribution in [0.2, 0.25) is 0 Å². The minimum atomic E-state index is -4.30. The summed E-state index contributed by atoms with van der Waals surface area (Å²) in [5.41, 5.74) is -0.221. The molecule has 0 aliphatic rings. The first-order chi connectivity index (χ1) is 11.4. The zero-order valence-electron chi connectivity index (χ0n) is 14.3. The predicted octanol–water partition coefficient (Wildman–Crippen LogP) is 0.844. The van der Waals surface area contributed by atoms with Crippen molar-refractivity contribution in [2.75, 3.05) is 17.6 Å². The van der Waals surface area contributed by atoms with Crippen molar-refractivity contribution in [1.29, 1.82) is 0 Å². The molecular weight excluding hydrogens is 372 g/mol. The third-order valence-corrected chi connectivity index (χ3v) is 6.13. The standard InChI is InChI=1S/C14H22N2O7S2/c1-5-24(19,20)15-11-8-10(23-4)6-7-12(11)25(21,22)16-13(9(2)3)14(17)18/h6-9,13,15-16H,5H2,1-4H3,(H,17,18)/t13-/m0/s1. The number of carboxylic acid groups (broad SMARTS) is 1. The van der Waals surface area contributed by atoms with Gasteiger partial charge in [0.25, 0.3) is 0 Å². The Morgan fingerprint density at radius 1 is 1.24 bits per heavy atom. The van der Waals surface area contributed by atoms with Gasteiger partial charge in [0.2, 0.25) is 20.0 Å². The molecule has 0 unspecified atom stereocenters. The average molecular weight is 394 g/mol. The molecule has 0 aliphatic heterocycles. The van der Waals surface area contributed by atoms with E-state index in [1.165, 1.54) is 26.2 Å². The monoisotopic (exact) mass is 394 g/mol. The number of nitrogens with one attached hydrogen (secondary N) is 2. The average Bonchev–Trinajstić information content (AvgIpc) is 2.51. The third kappa shape index (κ3) is 5.58. The van der Waals surface area contributed by atoms with Gasteiger partial charge in [-0.05, 0) is 25.0 Å². The minimum Gasteiger partial charge on any atom is -0.497 e. The molecule has 0 bridgehead atoms. The number of sulfonamides is 2. The lowest BCUT2D eigenvalue weighted by Crippen LogP contribution is -2.44. The van der Waals surface area contributed by atoms with Crippen molar-refractivity contribution in [1.82, 2.24) is 4.72 Å². The predicted molar refractivity (Wildman–Crippen MR) is 92.7 cm³/mol. The first-order valence-electron chi connectivity index (χ1n) is 7.37. The summed E-state index contributed by atoms with van der Waals surface area (Å²) >= 11 is 0. The Bertz CT molecular complexity index is 833. The highest BCUT2D eigenvalue weighted by atomic mass is 32.2. The molecule has 0 radical (unpaired) electrons. The number of rotatable bonds is 9. The molecule has 3 N–H and O–H groups in total.